The van der Waals surface area contributed by atoms with Gasteiger partial charge in [0.25, 0.3) is 5.22 Å². The number of carbonyl (C=O) groups excluding carboxylic acids is 4. The molecule has 13 nitrogen and oxygen atoms in total. The first-order valence-electron chi connectivity index (χ1n) is 11.8. The predicted octanol–water partition coefficient (Wildman–Crippen LogP) is 3.36. The lowest BCUT2D eigenvalue weighted by atomic mass is 10.2. The van der Waals surface area contributed by atoms with E-state index in [1.807, 2.05) is 6.92 Å². The van der Waals surface area contributed by atoms with Gasteiger partial charge < -0.3 is 29.3 Å². The molecule has 208 valence electrons. The van der Waals surface area contributed by atoms with Crippen LogP contribution in [0.15, 0.2) is 33.9 Å². The summed E-state index contributed by atoms with van der Waals surface area (Å²) < 4.78 is 20.4. The fraction of sp³-hybridized carbons (Fsp3) is 0.500. The molecule has 1 atom stereocenters. The summed E-state index contributed by atoms with van der Waals surface area (Å²) in [6, 6.07) is 5.60. The standard InChI is InChI=1S/C24H33N5O8S/c1-6-7-12-35-21(32)27-17(20(31)34-5)13-25-18(30)14-38-23-29-28-19(36-23)15-8-10-16(11-9-15)26-22(33)37-24(2,3)4/h8-11,17H,6-7,12-14H2,1-5H3,(H,25,30)(H,26,33)(H,27,32)/t17-/m0/s1. The van der Waals surface area contributed by atoms with Crippen molar-refractivity contribution in [2.75, 3.05) is 31.3 Å². The van der Waals surface area contributed by atoms with Gasteiger partial charge in [-0.05, 0) is 51.5 Å². The van der Waals surface area contributed by atoms with E-state index in [1.165, 1.54) is 7.11 Å². The van der Waals surface area contributed by atoms with Crippen LogP contribution in [0.3, 0.4) is 0 Å². The highest BCUT2D eigenvalue weighted by atomic mass is 32.2. The van der Waals surface area contributed by atoms with Gasteiger partial charge in [-0.15, -0.1) is 10.2 Å². The average molecular weight is 552 g/mol. The van der Waals surface area contributed by atoms with E-state index in [4.69, 9.17) is 13.9 Å². The van der Waals surface area contributed by atoms with Crippen molar-refractivity contribution < 1.29 is 37.8 Å². The van der Waals surface area contributed by atoms with Gasteiger partial charge in [0.1, 0.15) is 11.6 Å². The molecule has 1 aromatic carbocycles. The molecule has 0 aliphatic rings. The minimum Gasteiger partial charge on any atom is -0.467 e. The number of methoxy groups -OCH3 is 1. The van der Waals surface area contributed by atoms with E-state index in [0.29, 0.717) is 17.7 Å². The van der Waals surface area contributed by atoms with Crippen LogP contribution in [0.25, 0.3) is 11.5 Å². The van der Waals surface area contributed by atoms with Crippen LogP contribution in [0.1, 0.15) is 40.5 Å². The summed E-state index contributed by atoms with van der Waals surface area (Å²) in [4.78, 5) is 47.9. The topological polar surface area (TPSA) is 171 Å². The zero-order valence-electron chi connectivity index (χ0n) is 22.0. The normalized spacial score (nSPS) is 11.7. The van der Waals surface area contributed by atoms with Crippen LogP contribution >= 0.6 is 11.8 Å². The van der Waals surface area contributed by atoms with Crippen molar-refractivity contribution in [3.63, 3.8) is 0 Å². The summed E-state index contributed by atoms with van der Waals surface area (Å²) in [6.07, 6.45) is 0.200. The number of nitrogens with one attached hydrogen (secondary N) is 3. The number of rotatable bonds is 12. The molecule has 3 N–H and O–H groups in total. The smallest absolute Gasteiger partial charge is 0.412 e. The summed E-state index contributed by atoms with van der Waals surface area (Å²) >= 11 is 1.00. The van der Waals surface area contributed by atoms with Gasteiger partial charge in [-0.3, -0.25) is 10.1 Å². The average Bonchev–Trinajstić information content (AvgIpc) is 3.33. The maximum Gasteiger partial charge on any atom is 0.412 e. The molecule has 2 aromatic rings. The third-order valence-corrected chi connectivity index (χ3v) is 5.34. The number of hydrogen-bond acceptors (Lipinski definition) is 11. The molecule has 0 bridgehead atoms. The molecule has 2 rings (SSSR count). The van der Waals surface area contributed by atoms with E-state index in [-0.39, 0.29) is 30.0 Å². The van der Waals surface area contributed by atoms with Gasteiger partial charge in [-0.1, -0.05) is 25.1 Å². The van der Waals surface area contributed by atoms with E-state index in [1.54, 1.807) is 45.0 Å². The van der Waals surface area contributed by atoms with Crippen LogP contribution in [0.4, 0.5) is 15.3 Å². The number of hydrogen-bond donors (Lipinski definition) is 3. The minimum absolute atomic E-state index is 0.0742. The molecule has 0 spiro atoms. The lowest BCUT2D eigenvalue weighted by Gasteiger charge is -2.19. The molecule has 38 heavy (non-hydrogen) atoms. The summed E-state index contributed by atoms with van der Waals surface area (Å²) in [5.41, 5.74) is 0.532. The van der Waals surface area contributed by atoms with Crippen molar-refractivity contribution in [2.24, 2.45) is 0 Å². The summed E-state index contributed by atoms with van der Waals surface area (Å²) in [5.74, 6) is -0.996. The number of unbranched alkanes of at least 4 members (excludes halogenated alkanes) is 1. The third kappa shape index (κ3) is 11.1. The Kier molecular flexibility index (Phi) is 11.9. The van der Waals surface area contributed by atoms with E-state index >= 15 is 0 Å². The Hall–Kier alpha value is -3.81. The summed E-state index contributed by atoms with van der Waals surface area (Å²) in [7, 11) is 1.18. The number of carbonyl (C=O) groups is 4. The highest BCUT2D eigenvalue weighted by Gasteiger charge is 2.23. The predicted molar refractivity (Wildman–Crippen MR) is 139 cm³/mol. The Morgan fingerprint density at radius 1 is 1.08 bits per heavy atom. The Morgan fingerprint density at radius 2 is 1.79 bits per heavy atom. The van der Waals surface area contributed by atoms with E-state index in [2.05, 4.69) is 30.9 Å². The van der Waals surface area contributed by atoms with E-state index in [0.717, 1.165) is 18.2 Å². The van der Waals surface area contributed by atoms with Crippen LogP contribution in [-0.2, 0) is 23.8 Å². The van der Waals surface area contributed by atoms with Gasteiger partial charge in [-0.2, -0.15) is 0 Å². The monoisotopic (exact) mass is 551 g/mol. The van der Waals surface area contributed by atoms with Gasteiger partial charge in [0.05, 0.1) is 19.5 Å². The molecular formula is C24H33N5O8S. The molecule has 0 fully saturated rings. The molecular weight excluding hydrogens is 518 g/mol. The molecule has 1 heterocycles. The number of anilines is 1. The minimum atomic E-state index is -1.11. The van der Waals surface area contributed by atoms with Crippen molar-refractivity contribution in [1.82, 2.24) is 20.8 Å². The lowest BCUT2D eigenvalue weighted by molar-refractivity contribution is -0.142. The van der Waals surface area contributed by atoms with Crippen molar-refractivity contribution in [3.05, 3.63) is 24.3 Å². The van der Waals surface area contributed by atoms with Crippen molar-refractivity contribution in [3.8, 4) is 11.5 Å². The number of thioether (sulfide) groups is 1. The number of ether oxygens (including phenoxy) is 3. The zero-order valence-corrected chi connectivity index (χ0v) is 22.8. The second kappa shape index (κ2) is 14.8. The Bertz CT molecular complexity index is 1080. The quantitative estimate of drug-likeness (QED) is 0.153. The van der Waals surface area contributed by atoms with Crippen LogP contribution in [0.2, 0.25) is 0 Å². The molecule has 3 amide bonds. The SMILES string of the molecule is CCCCOC(=O)N[C@@H](CNC(=O)CSc1nnc(-c2ccc(NC(=O)OC(C)(C)C)cc2)o1)C(=O)OC. The van der Waals surface area contributed by atoms with Crippen LogP contribution in [-0.4, -0.2) is 71.9 Å². The first-order valence-corrected chi connectivity index (χ1v) is 12.8. The van der Waals surface area contributed by atoms with Gasteiger partial charge in [-0.25, -0.2) is 14.4 Å². The molecule has 0 aliphatic heterocycles. The number of aromatic nitrogens is 2. The Balaban J connectivity index is 1.83. The van der Waals surface area contributed by atoms with E-state index < -0.39 is 35.7 Å². The molecule has 14 heteroatoms. The molecule has 0 unspecified atom stereocenters. The maximum atomic E-state index is 12.3. The fourth-order valence-electron chi connectivity index (χ4n) is 2.73. The van der Waals surface area contributed by atoms with Crippen molar-refractivity contribution in [2.45, 2.75) is 57.4 Å². The molecule has 0 radical (unpaired) electrons. The van der Waals surface area contributed by atoms with Gasteiger partial charge in [0.15, 0.2) is 0 Å². The molecule has 0 saturated heterocycles. The number of esters is 1. The molecule has 0 aliphatic carbocycles. The first-order chi connectivity index (χ1) is 18.0. The van der Waals surface area contributed by atoms with Gasteiger partial charge in [0.2, 0.25) is 11.8 Å². The zero-order chi connectivity index (χ0) is 28.1. The first kappa shape index (κ1) is 30.4. The largest absolute Gasteiger partial charge is 0.467 e. The van der Waals surface area contributed by atoms with E-state index in [9.17, 15) is 19.2 Å². The summed E-state index contributed by atoms with van der Waals surface area (Å²) in [6.45, 7) is 7.30. The lowest BCUT2D eigenvalue weighted by Crippen LogP contribution is -2.49. The van der Waals surface area contributed by atoms with Gasteiger partial charge in [0, 0.05) is 17.8 Å². The van der Waals surface area contributed by atoms with Gasteiger partial charge >= 0.3 is 18.2 Å². The Morgan fingerprint density at radius 3 is 2.42 bits per heavy atom. The number of benzene rings is 1. The number of amides is 3. The van der Waals surface area contributed by atoms with Crippen molar-refractivity contribution >= 4 is 41.5 Å². The number of alkyl carbamates (subject to hydrolysis) is 1. The van der Waals surface area contributed by atoms with Crippen molar-refractivity contribution in [1.29, 1.82) is 0 Å². The highest BCUT2D eigenvalue weighted by molar-refractivity contribution is 7.99. The van der Waals surface area contributed by atoms with Crippen LogP contribution in [0.5, 0.6) is 0 Å². The summed E-state index contributed by atoms with van der Waals surface area (Å²) in [5, 5.41) is 15.6. The fourth-order valence-corrected chi connectivity index (χ4v) is 3.32. The van der Waals surface area contributed by atoms with Crippen LogP contribution < -0.4 is 16.0 Å². The second-order valence-electron chi connectivity index (χ2n) is 8.88. The maximum absolute atomic E-state index is 12.3. The second-order valence-corrected chi connectivity index (χ2v) is 9.81. The molecule has 1 aromatic heterocycles. The molecule has 0 saturated carbocycles. The highest BCUT2D eigenvalue weighted by Crippen LogP contribution is 2.24. The Labute approximate surface area is 224 Å². The van der Waals surface area contributed by atoms with Crippen LogP contribution in [0, 0.1) is 0 Å². The number of nitrogens with zero attached hydrogens (tertiary/aromatic N) is 2. The third-order valence-electron chi connectivity index (χ3n) is 4.52.